The molecule has 5 nitrogen and oxygen atoms in total. The Bertz CT molecular complexity index is 829. The molecule has 0 fully saturated rings. The Morgan fingerprint density at radius 2 is 1.90 bits per heavy atom. The summed E-state index contributed by atoms with van der Waals surface area (Å²) in [5.74, 6) is 1.18. The smallest absolute Gasteiger partial charge is 0.242 e. The zero-order valence-corrected chi connectivity index (χ0v) is 19.3. The number of rotatable bonds is 11. The van der Waals surface area contributed by atoms with Gasteiger partial charge in [-0.2, -0.15) is 0 Å². The maximum atomic E-state index is 13.1. The molecule has 2 rings (SSSR count). The number of nitrogens with zero attached hydrogens (tertiary/aromatic N) is 1. The Morgan fingerprint density at radius 3 is 2.53 bits per heavy atom. The average molecular weight is 449 g/mol. The van der Waals surface area contributed by atoms with Gasteiger partial charge in [0.15, 0.2) is 0 Å². The van der Waals surface area contributed by atoms with E-state index in [0.717, 1.165) is 16.2 Å². The predicted molar refractivity (Wildman–Crippen MR) is 123 cm³/mol. The molecule has 0 radical (unpaired) electrons. The topological polar surface area (TPSA) is 58.6 Å². The summed E-state index contributed by atoms with van der Waals surface area (Å²) < 4.78 is 5.30. The summed E-state index contributed by atoms with van der Waals surface area (Å²) in [6, 6.07) is 14.6. The van der Waals surface area contributed by atoms with Crippen molar-refractivity contribution in [3.05, 3.63) is 59.1 Å². The fourth-order valence-electron chi connectivity index (χ4n) is 3.11. The number of halogens is 1. The third-order valence-electron chi connectivity index (χ3n) is 4.62. The molecule has 2 aromatic carbocycles. The van der Waals surface area contributed by atoms with E-state index in [0.29, 0.717) is 36.7 Å². The van der Waals surface area contributed by atoms with E-state index in [2.05, 4.69) is 5.32 Å². The van der Waals surface area contributed by atoms with E-state index in [4.69, 9.17) is 16.3 Å². The number of ether oxygens (including phenoxy) is 1. The molecular weight excluding hydrogens is 420 g/mol. The summed E-state index contributed by atoms with van der Waals surface area (Å²) in [6.45, 7) is 4.69. The van der Waals surface area contributed by atoms with Crippen molar-refractivity contribution >= 4 is 35.2 Å². The van der Waals surface area contributed by atoms with Crippen LogP contribution in [0.15, 0.2) is 53.4 Å². The van der Waals surface area contributed by atoms with Gasteiger partial charge < -0.3 is 15.0 Å². The summed E-state index contributed by atoms with van der Waals surface area (Å²) >= 11 is 7.52. The second-order valence-electron chi connectivity index (χ2n) is 6.74. The highest BCUT2D eigenvalue weighted by molar-refractivity contribution is 7.99. The Kier molecular flexibility index (Phi) is 10.0. The summed E-state index contributed by atoms with van der Waals surface area (Å²) in [6.07, 6.45) is 0.888. The molecule has 1 unspecified atom stereocenters. The molecule has 0 aromatic heterocycles. The van der Waals surface area contributed by atoms with Crippen LogP contribution in [0.3, 0.4) is 0 Å². The first kappa shape index (κ1) is 24.1. The molecule has 1 atom stereocenters. The van der Waals surface area contributed by atoms with Crippen LogP contribution >= 0.6 is 23.4 Å². The number of likely N-dealkylation sites (N-methyl/N-ethyl adjacent to an activating group) is 1. The first-order chi connectivity index (χ1) is 14.5. The first-order valence-electron chi connectivity index (χ1n) is 10.1. The molecule has 0 heterocycles. The van der Waals surface area contributed by atoms with Gasteiger partial charge in [-0.1, -0.05) is 30.7 Å². The van der Waals surface area contributed by atoms with E-state index in [1.54, 1.807) is 23.8 Å². The Balaban J connectivity index is 2.12. The van der Waals surface area contributed by atoms with Crippen LogP contribution in [0.2, 0.25) is 5.02 Å². The summed E-state index contributed by atoms with van der Waals surface area (Å²) in [7, 11) is 1.61. The van der Waals surface area contributed by atoms with E-state index in [-0.39, 0.29) is 11.8 Å². The van der Waals surface area contributed by atoms with Crippen molar-refractivity contribution in [2.75, 3.05) is 19.4 Å². The maximum absolute atomic E-state index is 13.1. The van der Waals surface area contributed by atoms with Crippen LogP contribution in [0.4, 0.5) is 0 Å². The molecule has 2 amide bonds. The Morgan fingerprint density at radius 1 is 1.17 bits per heavy atom. The van der Waals surface area contributed by atoms with E-state index in [1.165, 1.54) is 0 Å². The van der Waals surface area contributed by atoms with Gasteiger partial charge in [0.25, 0.3) is 0 Å². The normalized spacial score (nSPS) is 11.6. The molecule has 1 N–H and O–H groups in total. The van der Waals surface area contributed by atoms with Gasteiger partial charge in [-0.15, -0.1) is 11.8 Å². The van der Waals surface area contributed by atoms with E-state index >= 15 is 0 Å². The fourth-order valence-corrected chi connectivity index (χ4v) is 4.08. The molecular formula is C23H29ClN2O3S. The maximum Gasteiger partial charge on any atom is 0.242 e. The third kappa shape index (κ3) is 7.26. The van der Waals surface area contributed by atoms with Crippen molar-refractivity contribution in [2.45, 2.75) is 44.2 Å². The van der Waals surface area contributed by atoms with Crippen molar-refractivity contribution in [3.8, 4) is 5.75 Å². The second kappa shape index (κ2) is 12.5. The molecule has 7 heteroatoms. The Hall–Kier alpha value is -2.18. The number of amides is 2. The third-order valence-corrected chi connectivity index (χ3v) is 5.89. The van der Waals surface area contributed by atoms with Gasteiger partial charge in [0.2, 0.25) is 11.8 Å². The molecule has 0 aliphatic carbocycles. The zero-order chi connectivity index (χ0) is 21.9. The predicted octanol–water partition coefficient (Wildman–Crippen LogP) is 4.77. The van der Waals surface area contributed by atoms with Gasteiger partial charge in [0.1, 0.15) is 11.8 Å². The van der Waals surface area contributed by atoms with Gasteiger partial charge in [0.05, 0.1) is 7.11 Å². The van der Waals surface area contributed by atoms with E-state index in [1.807, 2.05) is 62.4 Å². The Labute approximate surface area is 188 Å². The van der Waals surface area contributed by atoms with Crippen LogP contribution in [-0.4, -0.2) is 42.2 Å². The summed E-state index contributed by atoms with van der Waals surface area (Å²) in [4.78, 5) is 28.5. The molecule has 0 saturated heterocycles. The largest absolute Gasteiger partial charge is 0.497 e. The van der Waals surface area contributed by atoms with Crippen molar-refractivity contribution in [1.82, 2.24) is 10.2 Å². The van der Waals surface area contributed by atoms with Gasteiger partial charge >= 0.3 is 0 Å². The number of methoxy groups -OCH3 is 1. The lowest BCUT2D eigenvalue weighted by molar-refractivity contribution is -0.141. The first-order valence-corrected chi connectivity index (χ1v) is 11.4. The molecule has 0 spiro atoms. The molecule has 0 saturated carbocycles. The van der Waals surface area contributed by atoms with Crippen LogP contribution < -0.4 is 10.1 Å². The molecule has 0 bridgehead atoms. The minimum Gasteiger partial charge on any atom is -0.497 e. The monoisotopic (exact) mass is 448 g/mol. The molecule has 162 valence electrons. The van der Waals surface area contributed by atoms with Crippen LogP contribution in [0.1, 0.15) is 32.3 Å². The molecule has 30 heavy (non-hydrogen) atoms. The van der Waals surface area contributed by atoms with Gasteiger partial charge in [0, 0.05) is 35.2 Å². The number of hydrogen-bond acceptors (Lipinski definition) is 4. The number of thioether (sulfide) groups is 1. The lowest BCUT2D eigenvalue weighted by Crippen LogP contribution is -2.49. The second-order valence-corrected chi connectivity index (χ2v) is 8.35. The number of benzene rings is 2. The van der Waals surface area contributed by atoms with Crippen molar-refractivity contribution in [3.63, 3.8) is 0 Å². The number of hydrogen-bond donors (Lipinski definition) is 1. The minimum atomic E-state index is -0.510. The van der Waals surface area contributed by atoms with Crippen molar-refractivity contribution < 1.29 is 14.3 Å². The van der Waals surface area contributed by atoms with Crippen LogP contribution in [0.25, 0.3) is 0 Å². The highest BCUT2D eigenvalue weighted by atomic mass is 35.5. The standard InChI is InChI=1S/C23H29ClN2O3S/c1-4-21(23(28)25-5-2)26(16-17-7-6-8-19(15-17)29-3)22(27)13-14-30-20-11-9-18(24)10-12-20/h6-12,15,21H,4-5,13-14,16H2,1-3H3,(H,25,28). The van der Waals surface area contributed by atoms with Crippen LogP contribution in [0, 0.1) is 0 Å². The molecule has 0 aliphatic rings. The SMILES string of the molecule is CCNC(=O)C(CC)N(Cc1cccc(OC)c1)C(=O)CCSc1ccc(Cl)cc1. The quantitative estimate of drug-likeness (QED) is 0.503. The fraction of sp³-hybridized carbons (Fsp3) is 0.391. The number of carbonyl (C=O) groups is 2. The van der Waals surface area contributed by atoms with E-state index < -0.39 is 6.04 Å². The van der Waals surface area contributed by atoms with Crippen LogP contribution in [0.5, 0.6) is 5.75 Å². The van der Waals surface area contributed by atoms with Gasteiger partial charge in [-0.3, -0.25) is 9.59 Å². The van der Waals surface area contributed by atoms with Crippen molar-refractivity contribution in [2.24, 2.45) is 0 Å². The minimum absolute atomic E-state index is 0.0441. The molecule has 2 aromatic rings. The highest BCUT2D eigenvalue weighted by Gasteiger charge is 2.28. The average Bonchev–Trinajstić information content (AvgIpc) is 2.75. The van der Waals surface area contributed by atoms with Crippen LogP contribution in [-0.2, 0) is 16.1 Å². The lowest BCUT2D eigenvalue weighted by Gasteiger charge is -2.30. The summed E-state index contributed by atoms with van der Waals surface area (Å²) in [5.41, 5.74) is 0.927. The zero-order valence-electron chi connectivity index (χ0n) is 17.7. The molecule has 0 aliphatic heterocycles. The van der Waals surface area contributed by atoms with Gasteiger partial charge in [-0.05, 0) is 55.3 Å². The lowest BCUT2D eigenvalue weighted by atomic mass is 10.1. The van der Waals surface area contributed by atoms with Gasteiger partial charge in [-0.25, -0.2) is 0 Å². The number of carbonyl (C=O) groups excluding carboxylic acids is 2. The highest BCUT2D eigenvalue weighted by Crippen LogP contribution is 2.23. The van der Waals surface area contributed by atoms with E-state index in [9.17, 15) is 9.59 Å². The van der Waals surface area contributed by atoms with Crippen molar-refractivity contribution in [1.29, 1.82) is 0 Å². The number of nitrogens with one attached hydrogen (secondary N) is 1. The summed E-state index contributed by atoms with van der Waals surface area (Å²) in [5, 5.41) is 3.54.